The molecule has 0 aromatic heterocycles. The van der Waals surface area contributed by atoms with E-state index in [-0.39, 0.29) is 0 Å². The minimum absolute atomic E-state index is 0.946. The van der Waals surface area contributed by atoms with Crippen LogP contribution in [0.3, 0.4) is 0 Å². The summed E-state index contributed by atoms with van der Waals surface area (Å²) in [7, 11) is 2.33. The van der Waals surface area contributed by atoms with Crippen LogP contribution in [0.25, 0.3) is 0 Å². The van der Waals surface area contributed by atoms with Gasteiger partial charge in [0.1, 0.15) is 0 Å². The molecule has 2 fully saturated rings. The van der Waals surface area contributed by atoms with Crippen LogP contribution in [0.5, 0.6) is 0 Å². The Morgan fingerprint density at radius 1 is 0.917 bits per heavy atom. The molecule has 0 spiro atoms. The monoisotopic (exact) mass is 167 g/mol. The van der Waals surface area contributed by atoms with Crippen molar-refractivity contribution < 1.29 is 0 Å². The highest BCUT2D eigenvalue weighted by Gasteiger charge is 2.29. The summed E-state index contributed by atoms with van der Waals surface area (Å²) in [5, 5.41) is 0. The van der Waals surface area contributed by atoms with Crippen molar-refractivity contribution in [2.45, 2.75) is 51.0 Å². The Balaban J connectivity index is 2.01. The van der Waals surface area contributed by atoms with Crippen molar-refractivity contribution in [1.29, 1.82) is 0 Å². The lowest BCUT2D eigenvalue weighted by Gasteiger charge is -2.35. The Morgan fingerprint density at radius 2 is 1.58 bits per heavy atom. The van der Waals surface area contributed by atoms with Crippen LogP contribution in [-0.2, 0) is 0 Å². The summed E-state index contributed by atoms with van der Waals surface area (Å²) in [6.07, 6.45) is 10.4. The second-order valence-electron chi connectivity index (χ2n) is 4.59. The van der Waals surface area contributed by atoms with Crippen LogP contribution in [0.4, 0.5) is 0 Å². The van der Waals surface area contributed by atoms with Crippen molar-refractivity contribution in [2.75, 3.05) is 13.6 Å². The van der Waals surface area contributed by atoms with Crippen molar-refractivity contribution in [3.05, 3.63) is 0 Å². The van der Waals surface area contributed by atoms with E-state index in [0.717, 1.165) is 12.0 Å². The van der Waals surface area contributed by atoms with E-state index in [1.807, 2.05) is 0 Å². The molecule has 0 N–H and O–H groups in total. The third kappa shape index (κ3) is 1.66. The number of likely N-dealkylation sites (tertiary alicyclic amines) is 1. The molecular weight excluding hydrogens is 146 g/mol. The zero-order valence-electron chi connectivity index (χ0n) is 8.26. The summed E-state index contributed by atoms with van der Waals surface area (Å²) in [6, 6.07) is 0.946. The Bertz CT molecular complexity index is 144. The number of nitrogens with zero attached hydrogens (tertiary/aromatic N) is 1. The predicted octanol–water partition coefficient (Wildman–Crippen LogP) is 2.66. The zero-order chi connectivity index (χ0) is 8.39. The predicted molar refractivity (Wildman–Crippen MR) is 52.2 cm³/mol. The van der Waals surface area contributed by atoms with Gasteiger partial charge < -0.3 is 4.90 Å². The van der Waals surface area contributed by atoms with Crippen LogP contribution in [-0.4, -0.2) is 24.5 Å². The lowest BCUT2D eigenvalue weighted by atomic mass is 9.82. The van der Waals surface area contributed by atoms with Crippen molar-refractivity contribution in [1.82, 2.24) is 4.90 Å². The first-order valence-corrected chi connectivity index (χ1v) is 5.58. The van der Waals surface area contributed by atoms with E-state index in [1.165, 1.54) is 51.5 Å². The molecule has 0 aromatic rings. The Hall–Kier alpha value is -0.0400. The number of rotatable bonds is 0. The minimum Gasteiger partial charge on any atom is -0.303 e. The summed E-state index contributed by atoms with van der Waals surface area (Å²) in [5.74, 6) is 1.05. The molecule has 1 heteroatoms. The third-order valence-electron chi connectivity index (χ3n) is 3.77. The van der Waals surface area contributed by atoms with E-state index >= 15 is 0 Å². The van der Waals surface area contributed by atoms with E-state index in [1.54, 1.807) is 0 Å². The second-order valence-corrected chi connectivity index (χ2v) is 4.59. The lowest BCUT2D eigenvalue weighted by Crippen LogP contribution is -2.38. The van der Waals surface area contributed by atoms with Gasteiger partial charge in [-0.15, -0.1) is 0 Å². The molecule has 2 unspecified atom stereocenters. The fraction of sp³-hybridized carbons (Fsp3) is 1.00. The highest BCUT2D eigenvalue weighted by molar-refractivity contribution is 4.84. The van der Waals surface area contributed by atoms with Crippen molar-refractivity contribution in [2.24, 2.45) is 5.92 Å². The van der Waals surface area contributed by atoms with Crippen molar-refractivity contribution >= 4 is 0 Å². The number of hydrogen-bond acceptors (Lipinski definition) is 1. The van der Waals surface area contributed by atoms with Crippen LogP contribution < -0.4 is 0 Å². The first kappa shape index (κ1) is 8.55. The van der Waals surface area contributed by atoms with Gasteiger partial charge in [-0.25, -0.2) is 0 Å². The van der Waals surface area contributed by atoms with Gasteiger partial charge in [0.15, 0.2) is 0 Å². The van der Waals surface area contributed by atoms with Gasteiger partial charge in [0.2, 0.25) is 0 Å². The Kier molecular flexibility index (Phi) is 2.69. The maximum absolute atomic E-state index is 2.62. The molecule has 1 saturated heterocycles. The van der Waals surface area contributed by atoms with E-state index in [4.69, 9.17) is 0 Å². The van der Waals surface area contributed by atoms with Gasteiger partial charge in [0.25, 0.3) is 0 Å². The molecule has 1 aliphatic heterocycles. The maximum Gasteiger partial charge on any atom is 0.0120 e. The standard InChI is InChI=1S/C11H21N/c1-12-9-5-4-7-10-6-2-3-8-11(10)12/h10-11H,2-9H2,1H3. The van der Waals surface area contributed by atoms with Crippen LogP contribution in [0.15, 0.2) is 0 Å². The molecule has 1 aliphatic carbocycles. The molecule has 1 nitrogen and oxygen atoms in total. The molecule has 0 amide bonds. The zero-order valence-corrected chi connectivity index (χ0v) is 8.26. The summed E-state index contributed by atoms with van der Waals surface area (Å²) in [6.45, 7) is 1.35. The van der Waals surface area contributed by atoms with Gasteiger partial charge in [-0.1, -0.05) is 19.3 Å². The molecule has 12 heavy (non-hydrogen) atoms. The average molecular weight is 167 g/mol. The van der Waals surface area contributed by atoms with E-state index in [9.17, 15) is 0 Å². The molecule has 0 aromatic carbocycles. The normalized spacial score (nSPS) is 38.8. The van der Waals surface area contributed by atoms with Gasteiger partial charge in [-0.05, 0) is 45.2 Å². The van der Waals surface area contributed by atoms with E-state index in [2.05, 4.69) is 11.9 Å². The Labute approximate surface area is 76.1 Å². The average Bonchev–Trinajstić information content (AvgIpc) is 2.29. The topological polar surface area (TPSA) is 3.24 Å². The molecule has 2 atom stereocenters. The third-order valence-corrected chi connectivity index (χ3v) is 3.77. The molecule has 70 valence electrons. The molecule has 0 bridgehead atoms. The summed E-state index contributed by atoms with van der Waals surface area (Å²) in [4.78, 5) is 2.62. The molecule has 2 rings (SSSR count). The largest absolute Gasteiger partial charge is 0.303 e. The van der Waals surface area contributed by atoms with Crippen LogP contribution in [0.2, 0.25) is 0 Å². The van der Waals surface area contributed by atoms with Gasteiger partial charge in [-0.3, -0.25) is 0 Å². The first-order valence-electron chi connectivity index (χ1n) is 5.58. The SMILES string of the molecule is CN1CCCCC2CCCCC21. The molecule has 1 saturated carbocycles. The molecule has 2 aliphatic rings. The lowest BCUT2D eigenvalue weighted by molar-refractivity contribution is 0.143. The highest BCUT2D eigenvalue weighted by Crippen LogP contribution is 2.33. The number of hydrogen-bond donors (Lipinski definition) is 0. The molecular formula is C11H21N. The quantitative estimate of drug-likeness (QED) is 0.536. The van der Waals surface area contributed by atoms with Crippen LogP contribution >= 0.6 is 0 Å². The molecule has 1 heterocycles. The van der Waals surface area contributed by atoms with E-state index in [0.29, 0.717) is 0 Å². The maximum atomic E-state index is 2.62. The second kappa shape index (κ2) is 3.78. The van der Waals surface area contributed by atoms with Gasteiger partial charge in [-0.2, -0.15) is 0 Å². The number of fused-ring (bicyclic) bond motifs is 1. The fourth-order valence-corrected chi connectivity index (χ4v) is 3.04. The van der Waals surface area contributed by atoms with Gasteiger partial charge in [0.05, 0.1) is 0 Å². The summed E-state index contributed by atoms with van der Waals surface area (Å²) < 4.78 is 0. The van der Waals surface area contributed by atoms with Gasteiger partial charge >= 0.3 is 0 Å². The summed E-state index contributed by atoms with van der Waals surface area (Å²) >= 11 is 0. The van der Waals surface area contributed by atoms with Crippen LogP contribution in [0, 0.1) is 5.92 Å². The fourth-order valence-electron chi connectivity index (χ4n) is 3.04. The summed E-state index contributed by atoms with van der Waals surface area (Å²) in [5.41, 5.74) is 0. The van der Waals surface area contributed by atoms with Crippen LogP contribution in [0.1, 0.15) is 44.9 Å². The van der Waals surface area contributed by atoms with Crippen molar-refractivity contribution in [3.63, 3.8) is 0 Å². The minimum atomic E-state index is 0.946. The van der Waals surface area contributed by atoms with E-state index < -0.39 is 0 Å². The Morgan fingerprint density at radius 3 is 2.42 bits per heavy atom. The first-order chi connectivity index (χ1) is 5.88. The highest BCUT2D eigenvalue weighted by atomic mass is 15.1. The molecule has 0 radical (unpaired) electrons. The smallest absolute Gasteiger partial charge is 0.0120 e. The van der Waals surface area contributed by atoms with Gasteiger partial charge in [0, 0.05) is 6.04 Å². The van der Waals surface area contributed by atoms with Crippen molar-refractivity contribution in [3.8, 4) is 0 Å².